The second-order valence-corrected chi connectivity index (χ2v) is 5.23. The Morgan fingerprint density at radius 2 is 2.00 bits per heavy atom. The predicted octanol–water partition coefficient (Wildman–Crippen LogP) is 2.10. The number of nitrogens with one attached hydrogen (secondary N) is 1. The normalized spacial score (nSPS) is 24.4. The molecule has 3 heteroatoms. The van der Waals surface area contributed by atoms with Crippen molar-refractivity contribution in [1.29, 1.82) is 0 Å². The fraction of sp³-hybridized carbons (Fsp3) is 0.571. The van der Waals surface area contributed by atoms with Gasteiger partial charge in [0, 0.05) is 23.8 Å². The van der Waals surface area contributed by atoms with Crippen LogP contribution in [0.4, 0.5) is 5.69 Å². The quantitative estimate of drug-likeness (QED) is 0.768. The van der Waals surface area contributed by atoms with E-state index < -0.39 is 0 Å². The van der Waals surface area contributed by atoms with Gasteiger partial charge >= 0.3 is 0 Å². The SMILES string of the molecule is Nc1ccc2c(c1)OCC(NC1CCCC1)C2. The smallest absolute Gasteiger partial charge is 0.124 e. The summed E-state index contributed by atoms with van der Waals surface area (Å²) in [7, 11) is 0. The molecule has 3 rings (SSSR count). The Bertz CT molecular complexity index is 399. The molecular formula is C14H20N2O. The van der Waals surface area contributed by atoms with Crippen molar-refractivity contribution < 1.29 is 4.74 Å². The van der Waals surface area contributed by atoms with Crippen LogP contribution >= 0.6 is 0 Å². The Morgan fingerprint density at radius 3 is 2.82 bits per heavy atom. The van der Waals surface area contributed by atoms with Gasteiger partial charge in [0.05, 0.1) is 0 Å². The zero-order valence-electron chi connectivity index (χ0n) is 10.1. The number of rotatable bonds is 2. The molecule has 1 unspecified atom stereocenters. The number of ether oxygens (including phenoxy) is 1. The Balaban J connectivity index is 1.65. The second kappa shape index (κ2) is 4.57. The highest BCUT2D eigenvalue weighted by atomic mass is 16.5. The van der Waals surface area contributed by atoms with E-state index in [4.69, 9.17) is 10.5 Å². The van der Waals surface area contributed by atoms with Gasteiger partial charge < -0.3 is 15.8 Å². The van der Waals surface area contributed by atoms with Gasteiger partial charge in [0.25, 0.3) is 0 Å². The molecule has 92 valence electrons. The molecule has 0 aromatic heterocycles. The molecule has 1 aliphatic carbocycles. The monoisotopic (exact) mass is 232 g/mol. The van der Waals surface area contributed by atoms with Crippen molar-refractivity contribution in [3.05, 3.63) is 23.8 Å². The maximum atomic E-state index is 5.78. The molecule has 0 spiro atoms. The van der Waals surface area contributed by atoms with Gasteiger partial charge in [-0.1, -0.05) is 18.9 Å². The van der Waals surface area contributed by atoms with Gasteiger partial charge in [0.15, 0.2) is 0 Å². The van der Waals surface area contributed by atoms with Crippen LogP contribution in [0.5, 0.6) is 5.75 Å². The minimum Gasteiger partial charge on any atom is -0.492 e. The van der Waals surface area contributed by atoms with E-state index in [1.165, 1.54) is 31.2 Å². The van der Waals surface area contributed by atoms with Crippen molar-refractivity contribution in [2.24, 2.45) is 0 Å². The third-order valence-corrected chi connectivity index (χ3v) is 3.82. The fourth-order valence-corrected chi connectivity index (χ4v) is 2.92. The Labute approximate surface area is 102 Å². The average Bonchev–Trinajstić information content (AvgIpc) is 2.82. The van der Waals surface area contributed by atoms with Crippen LogP contribution in [0.25, 0.3) is 0 Å². The van der Waals surface area contributed by atoms with E-state index in [-0.39, 0.29) is 0 Å². The summed E-state index contributed by atoms with van der Waals surface area (Å²) < 4.78 is 5.78. The summed E-state index contributed by atoms with van der Waals surface area (Å²) in [4.78, 5) is 0. The standard InChI is InChI=1S/C14H20N2O/c15-11-6-5-10-7-13(9-17-14(10)8-11)16-12-3-1-2-4-12/h5-6,8,12-13,16H,1-4,7,9,15H2. The Kier molecular flexibility index (Phi) is 2.93. The second-order valence-electron chi connectivity index (χ2n) is 5.23. The summed E-state index contributed by atoms with van der Waals surface area (Å²) >= 11 is 0. The zero-order chi connectivity index (χ0) is 11.7. The molecule has 3 N–H and O–H groups in total. The van der Waals surface area contributed by atoms with Crippen LogP contribution in [0.3, 0.4) is 0 Å². The van der Waals surface area contributed by atoms with Crippen molar-refractivity contribution in [3.8, 4) is 5.75 Å². The first-order valence-corrected chi connectivity index (χ1v) is 6.58. The predicted molar refractivity (Wildman–Crippen MR) is 69.2 cm³/mol. The first kappa shape index (κ1) is 10.9. The summed E-state index contributed by atoms with van der Waals surface area (Å²) in [6, 6.07) is 7.15. The lowest BCUT2D eigenvalue weighted by Gasteiger charge is -2.28. The molecule has 0 radical (unpaired) electrons. The van der Waals surface area contributed by atoms with Gasteiger partial charge in [0.1, 0.15) is 12.4 Å². The van der Waals surface area contributed by atoms with E-state index in [0.717, 1.165) is 24.5 Å². The summed E-state index contributed by atoms with van der Waals surface area (Å²) in [6.45, 7) is 0.771. The third-order valence-electron chi connectivity index (χ3n) is 3.82. The van der Waals surface area contributed by atoms with Gasteiger partial charge in [-0.05, 0) is 30.9 Å². The van der Waals surface area contributed by atoms with E-state index in [1.54, 1.807) is 0 Å². The van der Waals surface area contributed by atoms with E-state index in [0.29, 0.717) is 12.1 Å². The summed E-state index contributed by atoms with van der Waals surface area (Å²) in [5.41, 5.74) is 7.81. The van der Waals surface area contributed by atoms with Crippen LogP contribution < -0.4 is 15.8 Å². The Hall–Kier alpha value is -1.22. The number of hydrogen-bond acceptors (Lipinski definition) is 3. The summed E-state index contributed by atoms with van der Waals surface area (Å²) in [5.74, 6) is 0.967. The molecule has 2 aliphatic rings. The number of hydrogen-bond donors (Lipinski definition) is 2. The number of fused-ring (bicyclic) bond motifs is 1. The molecule has 1 atom stereocenters. The Morgan fingerprint density at radius 1 is 1.18 bits per heavy atom. The highest BCUT2D eigenvalue weighted by Gasteiger charge is 2.24. The first-order chi connectivity index (χ1) is 8.31. The van der Waals surface area contributed by atoms with Crippen LogP contribution in [0, 0.1) is 0 Å². The highest BCUT2D eigenvalue weighted by molar-refractivity contribution is 5.49. The lowest BCUT2D eigenvalue weighted by molar-refractivity contribution is 0.227. The molecule has 0 bridgehead atoms. The number of anilines is 1. The molecule has 0 saturated heterocycles. The minimum atomic E-state index is 0.467. The van der Waals surface area contributed by atoms with Crippen molar-refractivity contribution in [2.75, 3.05) is 12.3 Å². The number of nitrogens with two attached hydrogens (primary N) is 1. The van der Waals surface area contributed by atoms with E-state index >= 15 is 0 Å². The van der Waals surface area contributed by atoms with E-state index in [1.807, 2.05) is 12.1 Å². The van der Waals surface area contributed by atoms with Crippen molar-refractivity contribution in [1.82, 2.24) is 5.32 Å². The molecule has 17 heavy (non-hydrogen) atoms. The van der Waals surface area contributed by atoms with Gasteiger partial charge in [0.2, 0.25) is 0 Å². The van der Waals surface area contributed by atoms with Crippen LogP contribution in [-0.2, 0) is 6.42 Å². The van der Waals surface area contributed by atoms with Crippen LogP contribution in [0.15, 0.2) is 18.2 Å². The topological polar surface area (TPSA) is 47.3 Å². The van der Waals surface area contributed by atoms with E-state index in [9.17, 15) is 0 Å². The summed E-state index contributed by atoms with van der Waals surface area (Å²) in [6.07, 6.45) is 6.46. The van der Waals surface area contributed by atoms with E-state index in [2.05, 4.69) is 11.4 Å². The van der Waals surface area contributed by atoms with Crippen LogP contribution in [0.1, 0.15) is 31.2 Å². The zero-order valence-corrected chi connectivity index (χ0v) is 10.1. The molecule has 3 nitrogen and oxygen atoms in total. The van der Waals surface area contributed by atoms with Gasteiger partial charge in [-0.15, -0.1) is 0 Å². The largest absolute Gasteiger partial charge is 0.492 e. The van der Waals surface area contributed by atoms with Crippen LogP contribution in [-0.4, -0.2) is 18.7 Å². The lowest BCUT2D eigenvalue weighted by atomic mass is 10.0. The van der Waals surface area contributed by atoms with Crippen molar-refractivity contribution >= 4 is 5.69 Å². The first-order valence-electron chi connectivity index (χ1n) is 6.58. The molecule has 1 aromatic carbocycles. The molecular weight excluding hydrogens is 212 g/mol. The molecule has 1 fully saturated rings. The fourth-order valence-electron chi connectivity index (χ4n) is 2.92. The highest BCUT2D eigenvalue weighted by Crippen LogP contribution is 2.28. The molecule has 1 saturated carbocycles. The third kappa shape index (κ3) is 2.39. The average molecular weight is 232 g/mol. The van der Waals surface area contributed by atoms with Gasteiger partial charge in [-0.25, -0.2) is 0 Å². The maximum absolute atomic E-state index is 5.78. The summed E-state index contributed by atoms with van der Waals surface area (Å²) in [5, 5.41) is 3.72. The molecule has 0 amide bonds. The minimum absolute atomic E-state index is 0.467. The van der Waals surface area contributed by atoms with Gasteiger partial charge in [-0.2, -0.15) is 0 Å². The molecule has 1 aliphatic heterocycles. The lowest BCUT2D eigenvalue weighted by Crippen LogP contribution is -2.43. The number of nitrogen functional groups attached to an aromatic ring is 1. The maximum Gasteiger partial charge on any atom is 0.124 e. The van der Waals surface area contributed by atoms with Gasteiger partial charge in [-0.3, -0.25) is 0 Å². The molecule has 1 heterocycles. The number of benzene rings is 1. The van der Waals surface area contributed by atoms with Crippen LogP contribution in [0.2, 0.25) is 0 Å². The molecule has 1 aromatic rings. The van der Waals surface area contributed by atoms with Crippen molar-refractivity contribution in [3.63, 3.8) is 0 Å². The van der Waals surface area contributed by atoms with Crippen molar-refractivity contribution in [2.45, 2.75) is 44.2 Å².